The van der Waals surface area contributed by atoms with Crippen molar-refractivity contribution in [3.8, 4) is 0 Å². The van der Waals surface area contributed by atoms with Crippen molar-refractivity contribution in [2.45, 2.75) is 43.5 Å². The van der Waals surface area contributed by atoms with Crippen molar-refractivity contribution in [2.24, 2.45) is 5.92 Å². The Morgan fingerprint density at radius 1 is 1.25 bits per heavy atom. The minimum atomic E-state index is 0.464. The van der Waals surface area contributed by atoms with Gasteiger partial charge >= 0.3 is 0 Å². The monoisotopic (exact) mass is 340 g/mol. The molecule has 1 aliphatic rings. The Kier molecular flexibility index (Phi) is 6.53. The zero-order valence-electron chi connectivity index (χ0n) is 12.5. The van der Waals surface area contributed by atoms with Gasteiger partial charge in [-0.05, 0) is 49.7 Å². The van der Waals surface area contributed by atoms with Gasteiger partial charge in [0.05, 0.1) is 12.7 Å². The summed E-state index contributed by atoms with van der Waals surface area (Å²) in [6, 6.07) is 8.91. The smallest absolute Gasteiger partial charge is 0.0580 e. The first-order chi connectivity index (χ1) is 9.72. The molecule has 0 saturated heterocycles. The summed E-state index contributed by atoms with van der Waals surface area (Å²) >= 11 is 3.83. The minimum Gasteiger partial charge on any atom is -0.384 e. The Bertz CT molecular complexity index is 384. The highest BCUT2D eigenvalue weighted by atomic mass is 79.9. The van der Waals surface area contributed by atoms with E-state index in [2.05, 4.69) is 47.1 Å². The summed E-state index contributed by atoms with van der Waals surface area (Å²) < 4.78 is 10.7. The van der Waals surface area contributed by atoms with Gasteiger partial charge in [-0.1, -0.05) is 40.2 Å². The van der Waals surface area contributed by atoms with Crippen LogP contribution in [0.2, 0.25) is 0 Å². The predicted octanol–water partition coefficient (Wildman–Crippen LogP) is 4.52. The molecule has 0 N–H and O–H groups in total. The molecule has 0 aromatic heterocycles. The fourth-order valence-electron chi connectivity index (χ4n) is 2.78. The average Bonchev–Trinajstić information content (AvgIpc) is 2.43. The number of alkyl halides is 1. The largest absolute Gasteiger partial charge is 0.384 e. The fraction of sp³-hybridized carbons (Fsp3) is 0.647. The van der Waals surface area contributed by atoms with Gasteiger partial charge in [0.2, 0.25) is 0 Å². The second-order valence-corrected chi connectivity index (χ2v) is 6.71. The molecule has 1 fully saturated rings. The van der Waals surface area contributed by atoms with Crippen molar-refractivity contribution in [2.75, 3.05) is 20.3 Å². The minimum absolute atomic E-state index is 0.464. The van der Waals surface area contributed by atoms with Crippen molar-refractivity contribution in [1.29, 1.82) is 0 Å². The first-order valence-electron chi connectivity index (χ1n) is 7.56. The molecule has 1 unspecified atom stereocenters. The van der Waals surface area contributed by atoms with E-state index in [0.29, 0.717) is 10.9 Å². The quantitative estimate of drug-likeness (QED) is 0.648. The van der Waals surface area contributed by atoms with Crippen molar-refractivity contribution < 1.29 is 9.47 Å². The Balaban J connectivity index is 1.76. The molecule has 1 saturated carbocycles. The molecule has 0 amide bonds. The van der Waals surface area contributed by atoms with E-state index in [1.807, 2.05) is 0 Å². The van der Waals surface area contributed by atoms with E-state index < -0.39 is 0 Å². The third-order valence-electron chi connectivity index (χ3n) is 4.07. The summed E-state index contributed by atoms with van der Waals surface area (Å²) in [4.78, 5) is 0.464. The average molecular weight is 341 g/mol. The fourth-order valence-corrected chi connectivity index (χ4v) is 3.61. The summed E-state index contributed by atoms with van der Waals surface area (Å²) in [5.41, 5.74) is 2.72. The van der Waals surface area contributed by atoms with Crippen molar-refractivity contribution in [3.05, 3.63) is 35.4 Å². The standard InChI is InChI=1S/C17H25BrO2/c1-3-20-16-10-14(11-16)12-17(18)15-6-4-13(5-7-15)8-9-19-2/h4-7,14,16-17H,3,8-12H2,1-2H3. The van der Waals surface area contributed by atoms with Gasteiger partial charge in [-0.25, -0.2) is 0 Å². The number of methoxy groups -OCH3 is 1. The molecule has 0 bridgehead atoms. The van der Waals surface area contributed by atoms with E-state index in [1.54, 1.807) is 7.11 Å². The Morgan fingerprint density at radius 2 is 1.95 bits per heavy atom. The van der Waals surface area contributed by atoms with Crippen LogP contribution in [0.15, 0.2) is 24.3 Å². The third kappa shape index (κ3) is 4.57. The molecule has 1 aliphatic carbocycles. The molecule has 1 atom stereocenters. The molecule has 0 spiro atoms. The first kappa shape index (κ1) is 16.0. The maximum absolute atomic E-state index is 5.62. The van der Waals surface area contributed by atoms with Gasteiger partial charge in [-0.15, -0.1) is 0 Å². The van der Waals surface area contributed by atoms with Gasteiger partial charge in [0.1, 0.15) is 0 Å². The molecule has 2 rings (SSSR count). The van der Waals surface area contributed by atoms with E-state index in [0.717, 1.165) is 25.6 Å². The van der Waals surface area contributed by atoms with Crippen molar-refractivity contribution in [1.82, 2.24) is 0 Å². The van der Waals surface area contributed by atoms with Crippen LogP contribution in [-0.2, 0) is 15.9 Å². The van der Waals surface area contributed by atoms with Gasteiger partial charge < -0.3 is 9.47 Å². The van der Waals surface area contributed by atoms with E-state index in [4.69, 9.17) is 9.47 Å². The number of hydrogen-bond acceptors (Lipinski definition) is 2. The van der Waals surface area contributed by atoms with E-state index in [9.17, 15) is 0 Å². The molecular formula is C17H25BrO2. The summed E-state index contributed by atoms with van der Waals surface area (Å²) in [7, 11) is 1.75. The van der Waals surface area contributed by atoms with Crippen LogP contribution in [0.3, 0.4) is 0 Å². The zero-order chi connectivity index (χ0) is 14.4. The number of halogens is 1. The zero-order valence-corrected chi connectivity index (χ0v) is 14.1. The van der Waals surface area contributed by atoms with Crippen LogP contribution in [0, 0.1) is 5.92 Å². The summed E-state index contributed by atoms with van der Waals surface area (Å²) in [6.45, 7) is 3.71. The summed E-state index contributed by atoms with van der Waals surface area (Å²) in [6.07, 6.45) is 5.16. The Labute approximate surface area is 131 Å². The Morgan fingerprint density at radius 3 is 2.55 bits per heavy atom. The lowest BCUT2D eigenvalue weighted by molar-refractivity contribution is -0.0264. The maximum atomic E-state index is 5.62. The Hall–Kier alpha value is -0.380. The highest BCUT2D eigenvalue weighted by molar-refractivity contribution is 9.09. The van der Waals surface area contributed by atoms with Crippen molar-refractivity contribution in [3.63, 3.8) is 0 Å². The van der Waals surface area contributed by atoms with E-state index in [-0.39, 0.29) is 0 Å². The number of rotatable bonds is 8. The van der Waals surface area contributed by atoms with Crippen LogP contribution in [0.4, 0.5) is 0 Å². The van der Waals surface area contributed by atoms with E-state index >= 15 is 0 Å². The van der Waals surface area contributed by atoms with Crippen LogP contribution in [0.5, 0.6) is 0 Å². The van der Waals surface area contributed by atoms with Gasteiger partial charge in [0.25, 0.3) is 0 Å². The highest BCUT2D eigenvalue weighted by Gasteiger charge is 2.31. The number of hydrogen-bond donors (Lipinski definition) is 0. The molecule has 0 radical (unpaired) electrons. The second kappa shape index (κ2) is 8.16. The second-order valence-electron chi connectivity index (χ2n) is 5.60. The third-order valence-corrected chi connectivity index (χ3v) is 4.97. The number of ether oxygens (including phenoxy) is 2. The molecule has 1 aromatic rings. The number of benzene rings is 1. The lowest BCUT2D eigenvalue weighted by atomic mass is 9.78. The molecule has 20 heavy (non-hydrogen) atoms. The molecule has 2 nitrogen and oxygen atoms in total. The normalized spacial score (nSPS) is 23.4. The topological polar surface area (TPSA) is 18.5 Å². The molecule has 3 heteroatoms. The van der Waals surface area contributed by atoms with Crippen LogP contribution in [0.1, 0.15) is 42.1 Å². The molecule has 1 aromatic carbocycles. The highest BCUT2D eigenvalue weighted by Crippen LogP contribution is 2.40. The first-order valence-corrected chi connectivity index (χ1v) is 8.48. The van der Waals surface area contributed by atoms with Crippen LogP contribution in [0.25, 0.3) is 0 Å². The van der Waals surface area contributed by atoms with Crippen LogP contribution in [-0.4, -0.2) is 26.4 Å². The van der Waals surface area contributed by atoms with E-state index in [1.165, 1.54) is 30.4 Å². The molecule has 0 heterocycles. The lowest BCUT2D eigenvalue weighted by Crippen LogP contribution is -2.31. The molecular weight excluding hydrogens is 316 g/mol. The van der Waals surface area contributed by atoms with Crippen molar-refractivity contribution >= 4 is 15.9 Å². The van der Waals surface area contributed by atoms with Gasteiger partial charge in [0, 0.05) is 18.5 Å². The van der Waals surface area contributed by atoms with Crippen LogP contribution >= 0.6 is 15.9 Å². The SMILES string of the molecule is CCOC1CC(CC(Br)c2ccc(CCOC)cc2)C1. The maximum Gasteiger partial charge on any atom is 0.0580 e. The van der Waals surface area contributed by atoms with Gasteiger partial charge in [-0.3, -0.25) is 0 Å². The summed E-state index contributed by atoms with van der Waals surface area (Å²) in [5.74, 6) is 0.809. The molecule has 0 aliphatic heterocycles. The molecule has 112 valence electrons. The van der Waals surface area contributed by atoms with Crippen LogP contribution < -0.4 is 0 Å². The lowest BCUT2D eigenvalue weighted by Gasteiger charge is -2.36. The van der Waals surface area contributed by atoms with Gasteiger partial charge in [0.15, 0.2) is 0 Å². The summed E-state index contributed by atoms with van der Waals surface area (Å²) in [5, 5.41) is 0. The van der Waals surface area contributed by atoms with Gasteiger partial charge in [-0.2, -0.15) is 0 Å². The predicted molar refractivity (Wildman–Crippen MR) is 86.4 cm³/mol.